The summed E-state index contributed by atoms with van der Waals surface area (Å²) in [6.45, 7) is 0. The Morgan fingerprint density at radius 1 is 1.56 bits per heavy atom. The largest absolute Gasteiger partial charge is 0.478 e. The Labute approximate surface area is 106 Å². The lowest BCUT2D eigenvalue weighted by molar-refractivity contribution is 0.0697. The number of carboxylic acid groups (broad SMARTS) is 1. The number of rotatable bonds is 2. The third-order valence-electron chi connectivity index (χ3n) is 2.14. The monoisotopic (exact) mass is 263 g/mol. The summed E-state index contributed by atoms with van der Waals surface area (Å²) >= 11 is 5.95. The summed E-state index contributed by atoms with van der Waals surface area (Å²) in [5.74, 6) is -1.28. The fourth-order valence-corrected chi connectivity index (χ4v) is 1.75. The normalized spacial score (nSPS) is 10.0. The van der Waals surface area contributed by atoms with E-state index < -0.39 is 5.97 Å². The summed E-state index contributed by atoms with van der Waals surface area (Å²) in [5, 5.41) is 21.6. The summed E-state index contributed by atoms with van der Waals surface area (Å²) in [7, 11) is 0. The molecule has 1 heterocycles. The summed E-state index contributed by atoms with van der Waals surface area (Å²) < 4.78 is 1.13. The van der Waals surface area contributed by atoms with Crippen LogP contribution >= 0.6 is 11.6 Å². The first-order chi connectivity index (χ1) is 8.52. The van der Waals surface area contributed by atoms with Gasteiger partial charge in [0.25, 0.3) is 5.82 Å². The van der Waals surface area contributed by atoms with Gasteiger partial charge >= 0.3 is 5.97 Å². The van der Waals surface area contributed by atoms with Gasteiger partial charge in [-0.05, 0) is 12.1 Å². The minimum absolute atomic E-state index is 0.0840. The zero-order valence-electron chi connectivity index (χ0n) is 8.83. The van der Waals surface area contributed by atoms with Crippen molar-refractivity contribution >= 4 is 23.3 Å². The number of carbonyl (C=O) groups is 1. The standard InChI is InChI=1S/C10H6ClN5O2/c11-7-2-5(13)1-6(10(17)18)9(7)16-4-14-8(3-12)15-16/h1-2,4H,13H2,(H,17,18). The average molecular weight is 264 g/mol. The molecular formula is C10H6ClN5O2. The topological polar surface area (TPSA) is 118 Å². The quantitative estimate of drug-likeness (QED) is 0.783. The molecule has 0 bridgehead atoms. The molecule has 0 saturated carbocycles. The maximum Gasteiger partial charge on any atom is 0.338 e. The van der Waals surface area contributed by atoms with Gasteiger partial charge < -0.3 is 10.8 Å². The summed E-state index contributed by atoms with van der Waals surface area (Å²) in [5.41, 5.74) is 5.76. The molecule has 0 aliphatic heterocycles. The van der Waals surface area contributed by atoms with E-state index in [1.807, 2.05) is 0 Å². The van der Waals surface area contributed by atoms with Crippen LogP contribution in [-0.2, 0) is 0 Å². The van der Waals surface area contributed by atoms with E-state index in [-0.39, 0.29) is 27.8 Å². The van der Waals surface area contributed by atoms with Crippen LogP contribution in [0.4, 0.5) is 5.69 Å². The van der Waals surface area contributed by atoms with Crippen molar-refractivity contribution in [1.82, 2.24) is 14.8 Å². The Balaban J connectivity index is 2.70. The van der Waals surface area contributed by atoms with E-state index in [1.165, 1.54) is 18.5 Å². The van der Waals surface area contributed by atoms with Crippen molar-refractivity contribution in [2.24, 2.45) is 0 Å². The Bertz CT molecular complexity index is 673. The molecule has 18 heavy (non-hydrogen) atoms. The van der Waals surface area contributed by atoms with Crippen LogP contribution in [0.5, 0.6) is 0 Å². The number of nitrogens with two attached hydrogens (primary N) is 1. The molecule has 90 valence electrons. The molecule has 1 aromatic carbocycles. The minimum Gasteiger partial charge on any atom is -0.478 e. The smallest absolute Gasteiger partial charge is 0.338 e. The predicted octanol–water partition coefficient (Wildman–Crippen LogP) is 1.07. The van der Waals surface area contributed by atoms with E-state index in [2.05, 4.69) is 10.1 Å². The Morgan fingerprint density at radius 3 is 2.83 bits per heavy atom. The summed E-state index contributed by atoms with van der Waals surface area (Å²) in [6, 6.07) is 4.40. The second kappa shape index (κ2) is 4.35. The van der Waals surface area contributed by atoms with Crippen molar-refractivity contribution in [3.05, 3.63) is 34.9 Å². The number of nitrogens with zero attached hydrogens (tertiary/aromatic N) is 4. The predicted molar refractivity (Wildman–Crippen MR) is 62.5 cm³/mol. The van der Waals surface area contributed by atoms with Gasteiger partial charge in [0, 0.05) is 5.69 Å². The first-order valence-electron chi connectivity index (χ1n) is 4.67. The molecule has 1 aromatic heterocycles. The summed E-state index contributed by atoms with van der Waals surface area (Å²) in [4.78, 5) is 14.8. The first-order valence-corrected chi connectivity index (χ1v) is 5.05. The van der Waals surface area contributed by atoms with Crippen molar-refractivity contribution in [3.8, 4) is 11.8 Å². The Kier molecular flexibility index (Phi) is 2.87. The van der Waals surface area contributed by atoms with Crippen LogP contribution in [0.1, 0.15) is 16.2 Å². The number of aromatic carboxylic acids is 1. The van der Waals surface area contributed by atoms with Crippen LogP contribution in [0.3, 0.4) is 0 Å². The minimum atomic E-state index is -1.20. The van der Waals surface area contributed by atoms with E-state index in [9.17, 15) is 4.79 Å². The lowest BCUT2D eigenvalue weighted by Gasteiger charge is -2.08. The molecule has 2 aromatic rings. The number of nitriles is 1. The number of benzene rings is 1. The highest BCUT2D eigenvalue weighted by atomic mass is 35.5. The highest BCUT2D eigenvalue weighted by molar-refractivity contribution is 6.33. The van der Waals surface area contributed by atoms with Gasteiger partial charge in [-0.2, -0.15) is 5.26 Å². The highest BCUT2D eigenvalue weighted by Gasteiger charge is 2.17. The number of carboxylic acids is 1. The van der Waals surface area contributed by atoms with E-state index in [1.54, 1.807) is 6.07 Å². The molecule has 0 amide bonds. The second-order valence-electron chi connectivity index (χ2n) is 3.33. The average Bonchev–Trinajstić information content (AvgIpc) is 2.76. The van der Waals surface area contributed by atoms with Crippen LogP contribution in [0, 0.1) is 11.3 Å². The number of hydrogen-bond acceptors (Lipinski definition) is 5. The van der Waals surface area contributed by atoms with Crippen LogP contribution in [0.15, 0.2) is 18.5 Å². The van der Waals surface area contributed by atoms with Gasteiger partial charge in [0.15, 0.2) is 0 Å². The molecule has 0 aliphatic rings. The van der Waals surface area contributed by atoms with E-state index >= 15 is 0 Å². The molecule has 2 rings (SSSR count). The number of anilines is 1. The molecule has 0 saturated heterocycles. The van der Waals surface area contributed by atoms with Gasteiger partial charge in [-0.25, -0.2) is 14.5 Å². The molecule has 0 fully saturated rings. The molecule has 0 spiro atoms. The van der Waals surface area contributed by atoms with Crippen molar-refractivity contribution in [3.63, 3.8) is 0 Å². The zero-order chi connectivity index (χ0) is 13.3. The third-order valence-corrected chi connectivity index (χ3v) is 2.43. The Hall–Kier alpha value is -2.59. The van der Waals surface area contributed by atoms with Crippen LogP contribution < -0.4 is 5.73 Å². The van der Waals surface area contributed by atoms with Gasteiger partial charge in [0.05, 0.1) is 16.3 Å². The summed E-state index contributed by atoms with van der Waals surface area (Å²) in [6.07, 6.45) is 1.21. The number of aromatic nitrogens is 3. The molecule has 7 nitrogen and oxygen atoms in total. The number of hydrogen-bond donors (Lipinski definition) is 2. The highest BCUT2D eigenvalue weighted by Crippen LogP contribution is 2.27. The molecule has 0 radical (unpaired) electrons. The van der Waals surface area contributed by atoms with Crippen molar-refractivity contribution in [1.29, 1.82) is 5.26 Å². The molecule has 0 unspecified atom stereocenters. The van der Waals surface area contributed by atoms with Gasteiger partial charge in [-0.15, -0.1) is 5.10 Å². The van der Waals surface area contributed by atoms with Crippen LogP contribution in [0.25, 0.3) is 5.69 Å². The van der Waals surface area contributed by atoms with E-state index in [0.29, 0.717) is 0 Å². The molecular weight excluding hydrogens is 258 g/mol. The van der Waals surface area contributed by atoms with Gasteiger partial charge in [-0.3, -0.25) is 0 Å². The lowest BCUT2D eigenvalue weighted by atomic mass is 10.1. The van der Waals surface area contributed by atoms with Gasteiger partial charge in [0.2, 0.25) is 0 Å². The van der Waals surface area contributed by atoms with Gasteiger partial charge in [-0.1, -0.05) is 11.6 Å². The maximum atomic E-state index is 11.1. The molecule has 3 N–H and O–H groups in total. The second-order valence-corrected chi connectivity index (χ2v) is 3.74. The fraction of sp³-hybridized carbons (Fsp3) is 0. The third kappa shape index (κ3) is 1.97. The van der Waals surface area contributed by atoms with Crippen LogP contribution in [0.2, 0.25) is 5.02 Å². The fourth-order valence-electron chi connectivity index (χ4n) is 1.44. The van der Waals surface area contributed by atoms with Crippen LogP contribution in [-0.4, -0.2) is 25.8 Å². The van der Waals surface area contributed by atoms with E-state index in [4.69, 9.17) is 27.7 Å². The van der Waals surface area contributed by atoms with Crippen molar-refractivity contribution in [2.45, 2.75) is 0 Å². The number of nitrogen functional groups attached to an aromatic ring is 1. The molecule has 0 atom stereocenters. The number of halogens is 1. The van der Waals surface area contributed by atoms with E-state index in [0.717, 1.165) is 4.68 Å². The molecule has 0 aliphatic carbocycles. The SMILES string of the molecule is N#Cc1ncn(-c2c(Cl)cc(N)cc2C(=O)O)n1. The zero-order valence-corrected chi connectivity index (χ0v) is 9.59. The molecule has 8 heteroatoms. The Morgan fingerprint density at radius 2 is 2.28 bits per heavy atom. The maximum absolute atomic E-state index is 11.1. The first kappa shape index (κ1) is 11.9. The van der Waals surface area contributed by atoms with Gasteiger partial charge in [0.1, 0.15) is 12.4 Å². The van der Waals surface area contributed by atoms with Crippen molar-refractivity contribution < 1.29 is 9.90 Å². The lowest BCUT2D eigenvalue weighted by Crippen LogP contribution is -2.08. The van der Waals surface area contributed by atoms with Crippen molar-refractivity contribution in [2.75, 3.05) is 5.73 Å².